The molecule has 0 saturated carbocycles. The van der Waals surface area contributed by atoms with Crippen LogP contribution in [-0.2, 0) is 11.2 Å². The second-order valence-electron chi connectivity index (χ2n) is 8.13. The molecule has 6 heteroatoms. The van der Waals surface area contributed by atoms with Gasteiger partial charge in [-0.05, 0) is 56.7 Å². The molecule has 1 aromatic heterocycles. The lowest BCUT2D eigenvalue weighted by Gasteiger charge is -2.33. The van der Waals surface area contributed by atoms with E-state index >= 15 is 0 Å². The van der Waals surface area contributed by atoms with Crippen molar-refractivity contribution in [1.29, 1.82) is 0 Å². The summed E-state index contributed by atoms with van der Waals surface area (Å²) in [5.41, 5.74) is 1.32. The summed E-state index contributed by atoms with van der Waals surface area (Å²) in [5, 5.41) is 4.98. The van der Waals surface area contributed by atoms with Crippen molar-refractivity contribution in [1.82, 2.24) is 10.2 Å². The number of likely N-dealkylation sites (tertiary alicyclic amines) is 1. The minimum absolute atomic E-state index is 0.0419. The third-order valence-corrected chi connectivity index (χ3v) is 5.57. The van der Waals surface area contributed by atoms with Gasteiger partial charge in [0.15, 0.2) is 0 Å². The van der Waals surface area contributed by atoms with E-state index in [0.717, 1.165) is 30.4 Å². The van der Waals surface area contributed by atoms with Crippen LogP contribution in [0.5, 0.6) is 0 Å². The lowest BCUT2D eigenvalue weighted by atomic mass is 10.00. The van der Waals surface area contributed by atoms with Crippen LogP contribution in [0.25, 0.3) is 0 Å². The number of piperidine rings is 1. The van der Waals surface area contributed by atoms with Crippen LogP contribution in [0, 0.1) is 0 Å². The standard InChI is InChI=1S/C22H28N2O3S/c1-22(2,3)27-21(26)23-17-10-12-24(13-11-17)20(25)19-9-5-4-7-16(19)15-18-8-6-14-28-18/h4-9,14,17H,10-13,15H2,1-3H3,(H,23,26). The monoisotopic (exact) mass is 400 g/mol. The Morgan fingerprint density at radius 3 is 2.50 bits per heavy atom. The number of hydrogen-bond donors (Lipinski definition) is 1. The lowest BCUT2D eigenvalue weighted by Crippen LogP contribution is -2.47. The van der Waals surface area contributed by atoms with E-state index in [-0.39, 0.29) is 11.9 Å². The second-order valence-corrected chi connectivity index (χ2v) is 9.16. The van der Waals surface area contributed by atoms with Crippen molar-refractivity contribution in [3.05, 3.63) is 57.8 Å². The Morgan fingerprint density at radius 1 is 1.14 bits per heavy atom. The Morgan fingerprint density at radius 2 is 1.86 bits per heavy atom. The maximum absolute atomic E-state index is 13.1. The average Bonchev–Trinajstić information content (AvgIpc) is 3.14. The molecule has 2 amide bonds. The largest absolute Gasteiger partial charge is 0.444 e. The van der Waals surface area contributed by atoms with Gasteiger partial charge in [-0.2, -0.15) is 0 Å². The molecule has 1 saturated heterocycles. The summed E-state index contributed by atoms with van der Waals surface area (Å²) in [7, 11) is 0. The van der Waals surface area contributed by atoms with Crippen LogP contribution >= 0.6 is 11.3 Å². The molecule has 150 valence electrons. The quantitative estimate of drug-likeness (QED) is 0.824. The highest BCUT2D eigenvalue weighted by Crippen LogP contribution is 2.21. The molecule has 1 aromatic carbocycles. The van der Waals surface area contributed by atoms with E-state index in [1.807, 2.05) is 56.0 Å². The fourth-order valence-electron chi connectivity index (χ4n) is 3.36. The molecular weight excluding hydrogens is 372 g/mol. The fraction of sp³-hybridized carbons (Fsp3) is 0.455. The molecule has 3 rings (SSSR count). The number of nitrogens with one attached hydrogen (secondary N) is 1. The maximum atomic E-state index is 13.1. The van der Waals surface area contributed by atoms with Gasteiger partial charge < -0.3 is 15.0 Å². The molecule has 2 heterocycles. The van der Waals surface area contributed by atoms with Gasteiger partial charge in [0.05, 0.1) is 0 Å². The molecule has 0 atom stereocenters. The smallest absolute Gasteiger partial charge is 0.407 e. The molecule has 1 aliphatic heterocycles. The number of carbonyl (C=O) groups excluding carboxylic acids is 2. The van der Waals surface area contributed by atoms with E-state index in [4.69, 9.17) is 4.74 Å². The molecule has 1 N–H and O–H groups in total. The summed E-state index contributed by atoms with van der Waals surface area (Å²) in [6.45, 7) is 6.81. The number of alkyl carbamates (subject to hydrolysis) is 1. The fourth-order valence-corrected chi connectivity index (χ4v) is 4.08. The zero-order chi connectivity index (χ0) is 20.1. The third kappa shape index (κ3) is 5.58. The molecule has 28 heavy (non-hydrogen) atoms. The Labute approximate surface area is 170 Å². The summed E-state index contributed by atoms with van der Waals surface area (Å²) in [6, 6.07) is 12.0. The molecule has 0 bridgehead atoms. The first-order valence-corrected chi connectivity index (χ1v) is 10.6. The molecule has 0 radical (unpaired) electrons. The molecule has 0 spiro atoms. The number of ether oxygens (including phenoxy) is 1. The van der Waals surface area contributed by atoms with Crippen molar-refractivity contribution in [2.24, 2.45) is 0 Å². The number of carbonyl (C=O) groups is 2. The number of amides is 2. The zero-order valence-corrected chi connectivity index (χ0v) is 17.6. The van der Waals surface area contributed by atoms with Gasteiger partial charge >= 0.3 is 6.09 Å². The highest BCUT2D eigenvalue weighted by molar-refractivity contribution is 7.09. The number of hydrogen-bond acceptors (Lipinski definition) is 4. The van der Waals surface area contributed by atoms with E-state index in [0.29, 0.717) is 13.1 Å². The number of rotatable bonds is 4. The number of nitrogens with zero attached hydrogens (tertiary/aromatic N) is 1. The Balaban J connectivity index is 1.58. The lowest BCUT2D eigenvalue weighted by molar-refractivity contribution is 0.0473. The first kappa shape index (κ1) is 20.4. The van der Waals surface area contributed by atoms with Gasteiger partial charge in [-0.1, -0.05) is 24.3 Å². The van der Waals surface area contributed by atoms with Gasteiger partial charge in [-0.3, -0.25) is 4.79 Å². The van der Waals surface area contributed by atoms with E-state index in [1.54, 1.807) is 11.3 Å². The Hall–Kier alpha value is -2.34. The van der Waals surface area contributed by atoms with Crippen LogP contribution < -0.4 is 5.32 Å². The maximum Gasteiger partial charge on any atom is 0.407 e. The summed E-state index contributed by atoms with van der Waals surface area (Å²) in [5.74, 6) is 0.0721. The van der Waals surface area contributed by atoms with Crippen molar-refractivity contribution in [2.75, 3.05) is 13.1 Å². The van der Waals surface area contributed by atoms with Crippen LogP contribution in [0.3, 0.4) is 0 Å². The number of thiophene rings is 1. The minimum Gasteiger partial charge on any atom is -0.444 e. The second kappa shape index (κ2) is 8.78. The van der Waals surface area contributed by atoms with Crippen LogP contribution in [0.1, 0.15) is 54.4 Å². The normalized spacial score (nSPS) is 15.3. The third-order valence-electron chi connectivity index (χ3n) is 4.70. The van der Waals surface area contributed by atoms with Crippen molar-refractivity contribution >= 4 is 23.3 Å². The Kier molecular flexibility index (Phi) is 6.39. The molecular formula is C22H28N2O3S. The van der Waals surface area contributed by atoms with Crippen LogP contribution in [0.15, 0.2) is 41.8 Å². The van der Waals surface area contributed by atoms with Gasteiger partial charge in [0.1, 0.15) is 5.60 Å². The van der Waals surface area contributed by atoms with E-state index in [1.165, 1.54) is 4.88 Å². The topological polar surface area (TPSA) is 58.6 Å². The van der Waals surface area contributed by atoms with Gasteiger partial charge in [0.25, 0.3) is 5.91 Å². The molecule has 0 aliphatic carbocycles. The van der Waals surface area contributed by atoms with Crippen LogP contribution in [0.4, 0.5) is 4.79 Å². The van der Waals surface area contributed by atoms with Gasteiger partial charge in [0, 0.05) is 36.0 Å². The van der Waals surface area contributed by atoms with Crippen molar-refractivity contribution in [3.8, 4) is 0 Å². The van der Waals surface area contributed by atoms with Gasteiger partial charge in [0.2, 0.25) is 0 Å². The molecule has 0 unspecified atom stereocenters. The van der Waals surface area contributed by atoms with Crippen molar-refractivity contribution < 1.29 is 14.3 Å². The van der Waals surface area contributed by atoms with E-state index in [2.05, 4.69) is 16.8 Å². The summed E-state index contributed by atoms with van der Waals surface area (Å²) < 4.78 is 5.32. The minimum atomic E-state index is -0.507. The van der Waals surface area contributed by atoms with Crippen LogP contribution in [0.2, 0.25) is 0 Å². The zero-order valence-electron chi connectivity index (χ0n) is 16.7. The summed E-state index contributed by atoms with van der Waals surface area (Å²) in [6.07, 6.45) is 1.85. The van der Waals surface area contributed by atoms with Crippen molar-refractivity contribution in [3.63, 3.8) is 0 Å². The van der Waals surface area contributed by atoms with E-state index in [9.17, 15) is 9.59 Å². The number of benzene rings is 1. The highest BCUT2D eigenvalue weighted by atomic mass is 32.1. The Bertz CT molecular complexity index is 803. The molecule has 5 nitrogen and oxygen atoms in total. The van der Waals surface area contributed by atoms with Crippen LogP contribution in [-0.4, -0.2) is 41.6 Å². The van der Waals surface area contributed by atoms with Crippen molar-refractivity contribution in [2.45, 2.75) is 51.7 Å². The first-order valence-electron chi connectivity index (χ1n) is 9.71. The van der Waals surface area contributed by atoms with Gasteiger partial charge in [-0.15, -0.1) is 11.3 Å². The molecule has 1 aliphatic rings. The predicted octanol–water partition coefficient (Wildman–Crippen LogP) is 4.47. The predicted molar refractivity (Wildman–Crippen MR) is 112 cm³/mol. The average molecular weight is 401 g/mol. The first-order chi connectivity index (χ1) is 13.3. The summed E-state index contributed by atoms with van der Waals surface area (Å²) in [4.78, 5) is 28.2. The SMILES string of the molecule is CC(C)(C)OC(=O)NC1CCN(C(=O)c2ccccc2Cc2cccs2)CC1. The summed E-state index contributed by atoms with van der Waals surface area (Å²) >= 11 is 1.71. The highest BCUT2D eigenvalue weighted by Gasteiger charge is 2.27. The van der Waals surface area contributed by atoms with E-state index < -0.39 is 11.7 Å². The van der Waals surface area contributed by atoms with Gasteiger partial charge in [-0.25, -0.2) is 4.79 Å². The molecule has 1 fully saturated rings. The molecule has 2 aromatic rings.